The first-order chi connectivity index (χ1) is 11.7. The summed E-state index contributed by atoms with van der Waals surface area (Å²) in [5.74, 6) is 2.51. The van der Waals surface area contributed by atoms with Gasteiger partial charge in [0.15, 0.2) is 0 Å². The van der Waals surface area contributed by atoms with Gasteiger partial charge in [0.25, 0.3) is 0 Å². The molecular weight excluding hydrogens is 300 g/mol. The van der Waals surface area contributed by atoms with E-state index in [0.717, 1.165) is 43.2 Å². The molecule has 1 atom stereocenters. The zero-order chi connectivity index (χ0) is 16.4. The van der Waals surface area contributed by atoms with Gasteiger partial charge < -0.3 is 20.5 Å². The smallest absolute Gasteiger partial charge is 0.127 e. The molecule has 2 aromatic rings. The number of rotatable bonds is 6. The molecule has 126 valence electrons. The quantitative estimate of drug-likeness (QED) is 0.853. The maximum absolute atomic E-state index is 6.20. The Bertz CT molecular complexity index is 672. The molecule has 0 spiro atoms. The molecule has 0 bridgehead atoms. The number of hydrogen-bond acceptors (Lipinski definition) is 4. The maximum atomic E-state index is 6.20. The molecular formula is C20H24N2O2. The van der Waals surface area contributed by atoms with Crippen LogP contribution in [0.4, 0.5) is 0 Å². The Morgan fingerprint density at radius 1 is 0.958 bits per heavy atom. The van der Waals surface area contributed by atoms with Crippen LogP contribution in [0, 0.1) is 0 Å². The second-order valence-corrected chi connectivity index (χ2v) is 6.86. The molecule has 0 radical (unpaired) electrons. The van der Waals surface area contributed by atoms with Crippen molar-refractivity contribution in [1.29, 1.82) is 0 Å². The van der Waals surface area contributed by atoms with E-state index in [4.69, 9.17) is 15.2 Å². The van der Waals surface area contributed by atoms with Crippen molar-refractivity contribution in [2.24, 2.45) is 5.73 Å². The van der Waals surface area contributed by atoms with Gasteiger partial charge in [0.1, 0.15) is 23.9 Å². The van der Waals surface area contributed by atoms with E-state index < -0.39 is 0 Å². The second kappa shape index (κ2) is 6.46. The summed E-state index contributed by atoms with van der Waals surface area (Å²) in [4.78, 5) is 0. The van der Waals surface area contributed by atoms with Gasteiger partial charge in [-0.3, -0.25) is 0 Å². The average molecular weight is 324 g/mol. The Labute approximate surface area is 143 Å². The molecule has 2 fully saturated rings. The van der Waals surface area contributed by atoms with Crippen LogP contribution in [0.3, 0.4) is 0 Å². The first-order valence-corrected chi connectivity index (χ1v) is 8.75. The molecule has 1 aliphatic carbocycles. The monoisotopic (exact) mass is 324 g/mol. The van der Waals surface area contributed by atoms with E-state index in [-0.39, 0.29) is 5.54 Å². The number of benzene rings is 2. The fraction of sp³-hybridized carbons (Fsp3) is 0.400. The number of ether oxygens (including phenoxy) is 2. The molecule has 1 heterocycles. The minimum Gasteiger partial charge on any atom is -0.492 e. The molecule has 1 saturated carbocycles. The van der Waals surface area contributed by atoms with E-state index in [9.17, 15) is 0 Å². The molecule has 1 unspecified atom stereocenters. The maximum Gasteiger partial charge on any atom is 0.127 e. The molecule has 0 amide bonds. The van der Waals surface area contributed by atoms with Gasteiger partial charge in [0.05, 0.1) is 0 Å². The molecule has 1 aliphatic heterocycles. The van der Waals surface area contributed by atoms with Gasteiger partial charge in [-0.15, -0.1) is 0 Å². The molecule has 4 rings (SSSR count). The minimum absolute atomic E-state index is 0.0916. The fourth-order valence-electron chi connectivity index (χ4n) is 3.11. The number of hydrogen-bond donors (Lipinski definition) is 2. The Morgan fingerprint density at radius 2 is 1.58 bits per heavy atom. The van der Waals surface area contributed by atoms with Gasteiger partial charge >= 0.3 is 0 Å². The molecule has 24 heavy (non-hydrogen) atoms. The highest BCUT2D eigenvalue weighted by atomic mass is 16.5. The SMILES string of the molecule is NC1(c2ccc(Oc3ccc(OCC4CCCN4)cc3)cc2)CC1. The number of nitrogens with two attached hydrogens (primary N) is 1. The van der Waals surface area contributed by atoms with Crippen LogP contribution >= 0.6 is 0 Å². The molecule has 0 aromatic heterocycles. The van der Waals surface area contributed by atoms with E-state index in [2.05, 4.69) is 17.4 Å². The highest BCUT2D eigenvalue weighted by molar-refractivity contribution is 5.38. The van der Waals surface area contributed by atoms with Gasteiger partial charge in [0, 0.05) is 11.6 Å². The van der Waals surface area contributed by atoms with Gasteiger partial charge in [0.2, 0.25) is 0 Å². The van der Waals surface area contributed by atoms with Crippen molar-refractivity contribution in [2.45, 2.75) is 37.3 Å². The molecule has 4 nitrogen and oxygen atoms in total. The van der Waals surface area contributed by atoms with Crippen LogP contribution in [0.5, 0.6) is 17.2 Å². The lowest BCUT2D eigenvalue weighted by Gasteiger charge is -2.13. The van der Waals surface area contributed by atoms with Gasteiger partial charge in [-0.25, -0.2) is 0 Å². The van der Waals surface area contributed by atoms with Crippen LogP contribution in [0.1, 0.15) is 31.2 Å². The summed E-state index contributed by atoms with van der Waals surface area (Å²) in [7, 11) is 0. The van der Waals surface area contributed by atoms with Crippen LogP contribution < -0.4 is 20.5 Å². The lowest BCUT2D eigenvalue weighted by Crippen LogP contribution is -2.28. The van der Waals surface area contributed by atoms with Crippen LogP contribution in [0.25, 0.3) is 0 Å². The summed E-state index contributed by atoms with van der Waals surface area (Å²) >= 11 is 0. The highest BCUT2D eigenvalue weighted by Gasteiger charge is 2.39. The highest BCUT2D eigenvalue weighted by Crippen LogP contribution is 2.43. The molecule has 4 heteroatoms. The molecule has 2 aliphatic rings. The Hall–Kier alpha value is -2.04. The Morgan fingerprint density at radius 3 is 2.17 bits per heavy atom. The van der Waals surface area contributed by atoms with Crippen molar-refractivity contribution in [3.8, 4) is 17.2 Å². The van der Waals surface area contributed by atoms with Crippen LogP contribution in [-0.2, 0) is 5.54 Å². The van der Waals surface area contributed by atoms with Crippen molar-refractivity contribution in [2.75, 3.05) is 13.2 Å². The van der Waals surface area contributed by atoms with Crippen LogP contribution in [0.15, 0.2) is 48.5 Å². The summed E-state index contributed by atoms with van der Waals surface area (Å²) in [6, 6.07) is 16.4. The summed E-state index contributed by atoms with van der Waals surface area (Å²) in [5, 5.41) is 3.43. The summed E-state index contributed by atoms with van der Waals surface area (Å²) < 4.78 is 11.7. The third-order valence-electron chi connectivity index (χ3n) is 4.89. The van der Waals surface area contributed by atoms with Crippen molar-refractivity contribution in [3.63, 3.8) is 0 Å². The lowest BCUT2D eigenvalue weighted by molar-refractivity contribution is 0.277. The van der Waals surface area contributed by atoms with Crippen LogP contribution in [0.2, 0.25) is 0 Å². The van der Waals surface area contributed by atoms with Crippen molar-refractivity contribution in [1.82, 2.24) is 5.32 Å². The van der Waals surface area contributed by atoms with Gasteiger partial charge in [-0.2, -0.15) is 0 Å². The summed E-state index contributed by atoms with van der Waals surface area (Å²) in [6.45, 7) is 1.83. The number of nitrogens with one attached hydrogen (secondary N) is 1. The van der Waals surface area contributed by atoms with Gasteiger partial charge in [-0.05, 0) is 74.2 Å². The van der Waals surface area contributed by atoms with E-state index in [1.54, 1.807) is 0 Å². The predicted octanol–water partition coefficient (Wildman–Crippen LogP) is 3.56. The normalized spacial score (nSPS) is 21.5. The van der Waals surface area contributed by atoms with E-state index >= 15 is 0 Å². The summed E-state index contributed by atoms with van der Waals surface area (Å²) in [6.07, 6.45) is 4.59. The second-order valence-electron chi connectivity index (χ2n) is 6.86. The Kier molecular flexibility index (Phi) is 4.17. The van der Waals surface area contributed by atoms with Crippen molar-refractivity contribution < 1.29 is 9.47 Å². The van der Waals surface area contributed by atoms with Crippen molar-refractivity contribution in [3.05, 3.63) is 54.1 Å². The third kappa shape index (κ3) is 3.55. The molecule has 1 saturated heterocycles. The topological polar surface area (TPSA) is 56.5 Å². The van der Waals surface area contributed by atoms with E-state index in [1.165, 1.54) is 18.4 Å². The van der Waals surface area contributed by atoms with Gasteiger partial charge in [-0.1, -0.05) is 12.1 Å². The first kappa shape index (κ1) is 15.5. The van der Waals surface area contributed by atoms with E-state index in [1.807, 2.05) is 36.4 Å². The first-order valence-electron chi connectivity index (χ1n) is 8.75. The van der Waals surface area contributed by atoms with Crippen LogP contribution in [-0.4, -0.2) is 19.2 Å². The largest absolute Gasteiger partial charge is 0.492 e. The minimum atomic E-state index is -0.0916. The third-order valence-corrected chi connectivity index (χ3v) is 4.89. The fourth-order valence-corrected chi connectivity index (χ4v) is 3.11. The average Bonchev–Trinajstić information content (AvgIpc) is 3.15. The standard InChI is InChI=1S/C20H24N2O2/c21-20(11-12-20)15-3-5-18(6-4-15)24-19-9-7-17(8-10-19)23-14-16-2-1-13-22-16/h3-10,16,22H,1-2,11-14,21H2. The molecule has 2 aromatic carbocycles. The Balaban J connectivity index is 1.33. The summed E-state index contributed by atoms with van der Waals surface area (Å²) in [5.41, 5.74) is 7.30. The van der Waals surface area contributed by atoms with Crippen molar-refractivity contribution >= 4 is 0 Å². The molecule has 3 N–H and O–H groups in total. The zero-order valence-electron chi connectivity index (χ0n) is 13.8. The predicted molar refractivity (Wildman–Crippen MR) is 94.6 cm³/mol. The lowest BCUT2D eigenvalue weighted by atomic mass is 10.1. The zero-order valence-corrected chi connectivity index (χ0v) is 13.8. The van der Waals surface area contributed by atoms with E-state index in [0.29, 0.717) is 6.04 Å².